The fourth-order valence-electron chi connectivity index (χ4n) is 4.64. The van der Waals surface area contributed by atoms with Gasteiger partial charge in [0.1, 0.15) is 0 Å². The minimum absolute atomic E-state index is 0.311. The normalized spacial score (nSPS) is 17.6. The highest BCUT2D eigenvalue weighted by Gasteiger charge is 2.36. The van der Waals surface area contributed by atoms with Crippen molar-refractivity contribution in [2.75, 3.05) is 38.1 Å². The first-order chi connectivity index (χ1) is 16.0. The molecule has 2 aliphatic heterocycles. The van der Waals surface area contributed by atoms with Gasteiger partial charge in [-0.3, -0.25) is 14.9 Å². The number of rotatable bonds is 3. The van der Waals surface area contributed by atoms with E-state index in [0.29, 0.717) is 22.8 Å². The third-order valence-corrected chi connectivity index (χ3v) is 7.37. The first-order valence-electron chi connectivity index (χ1n) is 10.9. The summed E-state index contributed by atoms with van der Waals surface area (Å²) < 4.78 is 0.946. The van der Waals surface area contributed by atoms with Crippen LogP contribution in [0, 0.1) is 6.92 Å². The molecule has 1 saturated heterocycles. The fourth-order valence-corrected chi connectivity index (χ4v) is 5.52. The molecule has 0 unspecified atom stereocenters. The summed E-state index contributed by atoms with van der Waals surface area (Å²) in [5.41, 5.74) is 4.57. The number of fused-ring (bicyclic) bond motifs is 2. The molecule has 2 N–H and O–H groups in total. The second kappa shape index (κ2) is 7.50. The van der Waals surface area contributed by atoms with E-state index in [-0.39, 0.29) is 0 Å². The summed E-state index contributed by atoms with van der Waals surface area (Å²) in [6.07, 6.45) is 1.80. The van der Waals surface area contributed by atoms with Crippen molar-refractivity contribution >= 4 is 61.4 Å². The first-order valence-corrected chi connectivity index (χ1v) is 11.8. The van der Waals surface area contributed by atoms with Gasteiger partial charge in [-0.2, -0.15) is 0 Å². The van der Waals surface area contributed by atoms with Crippen molar-refractivity contribution in [2.24, 2.45) is 0 Å². The Balaban J connectivity index is 1.63. The van der Waals surface area contributed by atoms with Crippen molar-refractivity contribution < 1.29 is 9.59 Å². The van der Waals surface area contributed by atoms with Crippen LogP contribution >= 0.6 is 11.3 Å². The van der Waals surface area contributed by atoms with Crippen molar-refractivity contribution in [1.82, 2.24) is 25.2 Å². The lowest BCUT2D eigenvalue weighted by Gasteiger charge is -2.32. The third kappa shape index (κ3) is 3.15. The van der Waals surface area contributed by atoms with Crippen LogP contribution in [0.3, 0.4) is 0 Å². The molecule has 0 radical (unpaired) electrons. The van der Waals surface area contributed by atoms with Gasteiger partial charge in [-0.05, 0) is 37.0 Å². The zero-order valence-corrected chi connectivity index (χ0v) is 19.1. The summed E-state index contributed by atoms with van der Waals surface area (Å²) in [6, 6.07) is 7.84. The minimum Gasteiger partial charge on any atom is -0.360 e. The Morgan fingerprint density at radius 2 is 1.79 bits per heavy atom. The van der Waals surface area contributed by atoms with Crippen molar-refractivity contribution in [3.8, 4) is 0 Å². The Kier molecular flexibility index (Phi) is 4.56. The number of amides is 2. The first kappa shape index (κ1) is 20.1. The molecule has 5 heterocycles. The number of carbonyl (C=O) groups is 2. The molecule has 166 valence electrons. The van der Waals surface area contributed by atoms with Crippen molar-refractivity contribution in [2.45, 2.75) is 6.92 Å². The predicted molar refractivity (Wildman–Crippen MR) is 130 cm³/mol. The van der Waals surface area contributed by atoms with E-state index in [0.717, 1.165) is 58.4 Å². The second-order valence-electron chi connectivity index (χ2n) is 8.53. The molecule has 6 rings (SSSR count). The molecular weight excluding hydrogens is 436 g/mol. The van der Waals surface area contributed by atoms with Crippen LogP contribution in [0.2, 0.25) is 0 Å². The van der Waals surface area contributed by atoms with Crippen molar-refractivity contribution in [3.05, 3.63) is 52.7 Å². The molecule has 0 aliphatic carbocycles. The monoisotopic (exact) mass is 458 g/mol. The van der Waals surface area contributed by atoms with Gasteiger partial charge in [-0.25, -0.2) is 9.97 Å². The molecule has 3 aromatic heterocycles. The average Bonchev–Trinajstić information content (AvgIpc) is 3.48. The second-order valence-corrected chi connectivity index (χ2v) is 9.45. The third-order valence-electron chi connectivity index (χ3n) is 6.43. The van der Waals surface area contributed by atoms with Gasteiger partial charge in [0.2, 0.25) is 5.95 Å². The number of anilines is 1. The molecule has 0 atom stereocenters. The molecule has 4 aromatic rings. The van der Waals surface area contributed by atoms with Crippen LogP contribution in [0.15, 0.2) is 35.8 Å². The number of aryl methyl sites for hydroxylation is 1. The van der Waals surface area contributed by atoms with Crippen LogP contribution in [0.25, 0.3) is 32.3 Å². The van der Waals surface area contributed by atoms with E-state index in [1.807, 2.05) is 36.6 Å². The fraction of sp³-hybridized carbons (Fsp3) is 0.250. The number of carbonyl (C=O) groups excluding carboxylic acids is 2. The lowest BCUT2D eigenvalue weighted by molar-refractivity contribution is -0.122. The van der Waals surface area contributed by atoms with E-state index in [2.05, 4.69) is 27.1 Å². The maximum absolute atomic E-state index is 13.2. The molecular formula is C24H22N6O2S. The summed E-state index contributed by atoms with van der Waals surface area (Å²) in [7, 11) is 2.10. The number of aromatic amines is 1. The smallest absolute Gasteiger partial charge is 0.261 e. The highest BCUT2D eigenvalue weighted by Crippen LogP contribution is 2.39. The van der Waals surface area contributed by atoms with E-state index in [9.17, 15) is 9.59 Å². The summed E-state index contributed by atoms with van der Waals surface area (Å²) >= 11 is 1.54. The SMILES string of the molecule is Cc1cccc2nc(N3CCN(C)CC3)nc(C3=C(c4c[nH]c5ccsc45)C(=O)NC3=O)c12. The number of benzene rings is 1. The van der Waals surface area contributed by atoms with Crippen LogP contribution in [-0.4, -0.2) is 64.9 Å². The Hall–Kier alpha value is -3.56. The molecule has 1 aromatic carbocycles. The Labute approximate surface area is 193 Å². The van der Waals surface area contributed by atoms with Gasteiger partial charge in [0, 0.05) is 43.3 Å². The molecule has 0 bridgehead atoms. The zero-order chi connectivity index (χ0) is 22.7. The van der Waals surface area contributed by atoms with Crippen molar-refractivity contribution in [1.29, 1.82) is 0 Å². The van der Waals surface area contributed by atoms with Crippen molar-refractivity contribution in [3.63, 3.8) is 0 Å². The number of imide groups is 1. The number of piperazine rings is 1. The molecule has 33 heavy (non-hydrogen) atoms. The summed E-state index contributed by atoms with van der Waals surface area (Å²) in [5.74, 6) is -0.232. The number of H-pyrrole nitrogens is 1. The number of hydrogen-bond acceptors (Lipinski definition) is 7. The van der Waals surface area contributed by atoms with Gasteiger partial charge in [0.15, 0.2) is 0 Å². The molecule has 0 spiro atoms. The summed E-state index contributed by atoms with van der Waals surface area (Å²) in [6.45, 7) is 5.41. The Bertz CT molecular complexity index is 1470. The van der Waals surface area contributed by atoms with Crippen LogP contribution in [-0.2, 0) is 9.59 Å². The lowest BCUT2D eigenvalue weighted by Crippen LogP contribution is -2.45. The van der Waals surface area contributed by atoms with E-state index >= 15 is 0 Å². The number of thiophene rings is 1. The number of nitrogens with zero attached hydrogens (tertiary/aromatic N) is 4. The average molecular weight is 459 g/mol. The van der Waals surface area contributed by atoms with E-state index in [4.69, 9.17) is 9.97 Å². The lowest BCUT2D eigenvalue weighted by atomic mass is 9.97. The van der Waals surface area contributed by atoms with Crippen LogP contribution < -0.4 is 10.2 Å². The summed E-state index contributed by atoms with van der Waals surface area (Å²) in [5, 5.41) is 5.27. The molecule has 9 heteroatoms. The minimum atomic E-state index is -0.423. The standard InChI is InChI=1S/C24H22N6O2S/c1-13-4-3-5-15-17(13)20(27-24(26-15)30-9-7-29(2)8-10-30)19-18(22(31)28-23(19)32)14-12-25-16-6-11-33-21(14)16/h3-6,11-12,25H,7-10H2,1-2H3,(H,28,31,32). The molecule has 8 nitrogen and oxygen atoms in total. The number of hydrogen-bond donors (Lipinski definition) is 2. The maximum atomic E-state index is 13.2. The van der Waals surface area contributed by atoms with Crippen LogP contribution in [0.4, 0.5) is 5.95 Å². The van der Waals surface area contributed by atoms with Crippen LogP contribution in [0.5, 0.6) is 0 Å². The Morgan fingerprint density at radius 1 is 1.00 bits per heavy atom. The number of nitrogens with one attached hydrogen (secondary N) is 2. The molecule has 0 saturated carbocycles. The highest BCUT2D eigenvalue weighted by molar-refractivity contribution is 7.17. The van der Waals surface area contributed by atoms with E-state index in [1.165, 1.54) is 11.3 Å². The molecule has 2 amide bonds. The number of likely N-dealkylation sites (N-methyl/N-ethyl adjacent to an activating group) is 1. The largest absolute Gasteiger partial charge is 0.360 e. The van der Waals surface area contributed by atoms with Gasteiger partial charge in [0.05, 0.1) is 32.6 Å². The predicted octanol–water partition coefficient (Wildman–Crippen LogP) is 2.80. The van der Waals surface area contributed by atoms with E-state index in [1.54, 1.807) is 6.20 Å². The molecule has 2 aliphatic rings. The molecule has 1 fully saturated rings. The van der Waals surface area contributed by atoms with Gasteiger partial charge in [-0.1, -0.05) is 12.1 Å². The van der Waals surface area contributed by atoms with E-state index < -0.39 is 11.8 Å². The van der Waals surface area contributed by atoms with Gasteiger partial charge in [-0.15, -0.1) is 11.3 Å². The zero-order valence-electron chi connectivity index (χ0n) is 18.3. The quantitative estimate of drug-likeness (QED) is 0.459. The highest BCUT2D eigenvalue weighted by atomic mass is 32.1. The van der Waals surface area contributed by atoms with Crippen LogP contribution in [0.1, 0.15) is 16.8 Å². The van der Waals surface area contributed by atoms with Gasteiger partial charge < -0.3 is 14.8 Å². The summed E-state index contributed by atoms with van der Waals surface area (Å²) in [4.78, 5) is 43.6. The maximum Gasteiger partial charge on any atom is 0.261 e. The Morgan fingerprint density at radius 3 is 2.61 bits per heavy atom. The number of aromatic nitrogens is 3. The topological polar surface area (TPSA) is 94.2 Å². The van der Waals surface area contributed by atoms with Gasteiger partial charge >= 0.3 is 0 Å². The van der Waals surface area contributed by atoms with Gasteiger partial charge in [0.25, 0.3) is 11.8 Å².